The molecule has 1 N–H and O–H groups in total. The van der Waals surface area contributed by atoms with Crippen LogP contribution in [0.2, 0.25) is 0 Å². The zero-order valence-corrected chi connectivity index (χ0v) is 16.8. The lowest BCUT2D eigenvalue weighted by molar-refractivity contribution is 0.0932. The summed E-state index contributed by atoms with van der Waals surface area (Å²) in [6.45, 7) is 8.23. The largest absolute Gasteiger partial charge is 0.497 e. The first-order chi connectivity index (χ1) is 13.3. The van der Waals surface area contributed by atoms with E-state index in [1.807, 2.05) is 55.5 Å². The molecule has 1 atom stereocenters. The van der Waals surface area contributed by atoms with Gasteiger partial charge in [0.2, 0.25) is 11.7 Å². The molecule has 0 spiro atoms. The Kier molecular flexibility index (Phi) is 5.49. The summed E-state index contributed by atoms with van der Waals surface area (Å²) < 4.78 is 10.5. The van der Waals surface area contributed by atoms with Crippen LogP contribution in [0.4, 0.5) is 0 Å². The molecule has 146 valence electrons. The van der Waals surface area contributed by atoms with Gasteiger partial charge >= 0.3 is 0 Å². The van der Waals surface area contributed by atoms with Gasteiger partial charge in [-0.3, -0.25) is 4.79 Å². The summed E-state index contributed by atoms with van der Waals surface area (Å²) >= 11 is 0. The van der Waals surface area contributed by atoms with E-state index in [0.29, 0.717) is 17.3 Å². The first-order valence-electron chi connectivity index (χ1n) is 9.17. The van der Waals surface area contributed by atoms with Crippen molar-refractivity contribution in [2.45, 2.75) is 39.2 Å². The van der Waals surface area contributed by atoms with Crippen LogP contribution in [0, 0.1) is 0 Å². The first-order valence-corrected chi connectivity index (χ1v) is 9.17. The normalized spacial score (nSPS) is 12.5. The van der Waals surface area contributed by atoms with Crippen molar-refractivity contribution in [1.29, 1.82) is 0 Å². The SMILES string of the molecule is COc1ccc(-c2noc([C@@H](C)NC(=O)c3ccc(C(C)(C)C)cc3)n2)cc1. The van der Waals surface area contributed by atoms with Crippen molar-refractivity contribution < 1.29 is 14.1 Å². The Morgan fingerprint density at radius 3 is 2.29 bits per heavy atom. The molecule has 0 radical (unpaired) electrons. The summed E-state index contributed by atoms with van der Waals surface area (Å²) in [7, 11) is 1.61. The zero-order chi connectivity index (χ0) is 20.3. The van der Waals surface area contributed by atoms with Crippen LogP contribution in [0.15, 0.2) is 53.1 Å². The van der Waals surface area contributed by atoms with E-state index in [9.17, 15) is 4.79 Å². The number of rotatable bonds is 5. The van der Waals surface area contributed by atoms with Crippen molar-refractivity contribution in [3.8, 4) is 17.1 Å². The fourth-order valence-electron chi connectivity index (χ4n) is 2.73. The van der Waals surface area contributed by atoms with E-state index in [-0.39, 0.29) is 11.3 Å². The third-order valence-corrected chi connectivity index (χ3v) is 4.52. The number of carbonyl (C=O) groups is 1. The maximum Gasteiger partial charge on any atom is 0.251 e. The highest BCUT2D eigenvalue weighted by atomic mass is 16.5. The number of hydrogen-bond acceptors (Lipinski definition) is 5. The van der Waals surface area contributed by atoms with Crippen LogP contribution in [-0.4, -0.2) is 23.2 Å². The molecule has 0 aliphatic carbocycles. The van der Waals surface area contributed by atoms with Crippen LogP contribution in [-0.2, 0) is 5.41 Å². The molecule has 28 heavy (non-hydrogen) atoms. The number of nitrogens with one attached hydrogen (secondary N) is 1. The molecular weight excluding hydrogens is 354 g/mol. The van der Waals surface area contributed by atoms with E-state index in [1.54, 1.807) is 7.11 Å². The molecule has 2 aromatic carbocycles. The Labute approximate surface area is 164 Å². The average Bonchev–Trinajstić information content (AvgIpc) is 3.18. The minimum Gasteiger partial charge on any atom is -0.497 e. The molecule has 1 heterocycles. The van der Waals surface area contributed by atoms with Crippen LogP contribution >= 0.6 is 0 Å². The fraction of sp³-hybridized carbons (Fsp3) is 0.318. The lowest BCUT2D eigenvalue weighted by atomic mass is 9.86. The Morgan fingerprint density at radius 2 is 1.71 bits per heavy atom. The van der Waals surface area contributed by atoms with Gasteiger partial charge in [-0.1, -0.05) is 38.1 Å². The Morgan fingerprint density at radius 1 is 1.07 bits per heavy atom. The second-order valence-corrected chi connectivity index (χ2v) is 7.71. The van der Waals surface area contributed by atoms with Gasteiger partial charge in [0.25, 0.3) is 5.91 Å². The summed E-state index contributed by atoms with van der Waals surface area (Å²) in [5.41, 5.74) is 2.63. The monoisotopic (exact) mass is 379 g/mol. The van der Waals surface area contributed by atoms with Gasteiger partial charge in [-0.15, -0.1) is 0 Å². The minimum atomic E-state index is -0.408. The minimum absolute atomic E-state index is 0.0455. The highest BCUT2D eigenvalue weighted by molar-refractivity contribution is 5.94. The zero-order valence-electron chi connectivity index (χ0n) is 16.8. The molecule has 0 aliphatic rings. The van der Waals surface area contributed by atoms with E-state index < -0.39 is 6.04 Å². The first kappa shape index (κ1) is 19.6. The van der Waals surface area contributed by atoms with Crippen LogP contribution in [0.1, 0.15) is 55.5 Å². The number of benzene rings is 2. The third kappa shape index (κ3) is 4.39. The van der Waals surface area contributed by atoms with Gasteiger partial charge in [0.15, 0.2) is 0 Å². The number of ether oxygens (including phenoxy) is 1. The van der Waals surface area contributed by atoms with Gasteiger partial charge in [-0.25, -0.2) is 0 Å². The van der Waals surface area contributed by atoms with E-state index in [2.05, 4.69) is 36.2 Å². The third-order valence-electron chi connectivity index (χ3n) is 4.52. The lowest BCUT2D eigenvalue weighted by Crippen LogP contribution is -2.27. The molecule has 1 amide bonds. The summed E-state index contributed by atoms with van der Waals surface area (Å²) in [4.78, 5) is 16.9. The number of methoxy groups -OCH3 is 1. The quantitative estimate of drug-likeness (QED) is 0.704. The maximum atomic E-state index is 12.5. The average molecular weight is 379 g/mol. The number of nitrogens with zero attached hydrogens (tertiary/aromatic N) is 2. The van der Waals surface area contributed by atoms with Crippen molar-refractivity contribution in [1.82, 2.24) is 15.5 Å². The molecular formula is C22H25N3O3. The summed E-state index contributed by atoms with van der Waals surface area (Å²) in [6, 6.07) is 14.6. The summed E-state index contributed by atoms with van der Waals surface area (Å²) in [5, 5.41) is 6.90. The summed E-state index contributed by atoms with van der Waals surface area (Å²) in [6.07, 6.45) is 0. The van der Waals surface area contributed by atoms with Crippen molar-refractivity contribution >= 4 is 5.91 Å². The van der Waals surface area contributed by atoms with Crippen LogP contribution in [0.5, 0.6) is 5.75 Å². The Balaban J connectivity index is 1.68. The fourth-order valence-corrected chi connectivity index (χ4v) is 2.73. The maximum absolute atomic E-state index is 12.5. The van der Waals surface area contributed by atoms with E-state index in [1.165, 1.54) is 5.56 Å². The topological polar surface area (TPSA) is 77.3 Å². The van der Waals surface area contributed by atoms with Crippen LogP contribution in [0.3, 0.4) is 0 Å². The van der Waals surface area contributed by atoms with Gasteiger partial charge < -0.3 is 14.6 Å². The molecule has 1 aromatic heterocycles. The van der Waals surface area contributed by atoms with Gasteiger partial charge in [0.05, 0.1) is 7.11 Å². The molecule has 6 nitrogen and oxygen atoms in total. The van der Waals surface area contributed by atoms with Crippen molar-refractivity contribution in [3.05, 3.63) is 65.5 Å². The van der Waals surface area contributed by atoms with Crippen molar-refractivity contribution in [2.24, 2.45) is 0 Å². The van der Waals surface area contributed by atoms with E-state index >= 15 is 0 Å². The van der Waals surface area contributed by atoms with Gasteiger partial charge in [0, 0.05) is 11.1 Å². The molecule has 0 saturated carbocycles. The number of hydrogen-bond donors (Lipinski definition) is 1. The van der Waals surface area contributed by atoms with Crippen LogP contribution < -0.4 is 10.1 Å². The Hall–Kier alpha value is -3.15. The molecule has 0 fully saturated rings. The van der Waals surface area contributed by atoms with Gasteiger partial charge in [-0.2, -0.15) is 4.98 Å². The predicted octanol–water partition coefficient (Wildman–Crippen LogP) is 4.53. The summed E-state index contributed by atoms with van der Waals surface area (Å²) in [5.74, 6) is 1.39. The van der Waals surface area contributed by atoms with E-state index in [0.717, 1.165) is 11.3 Å². The van der Waals surface area contributed by atoms with Crippen molar-refractivity contribution in [2.75, 3.05) is 7.11 Å². The molecule has 0 bridgehead atoms. The van der Waals surface area contributed by atoms with E-state index in [4.69, 9.17) is 9.26 Å². The molecule has 0 unspecified atom stereocenters. The number of carbonyl (C=O) groups excluding carboxylic acids is 1. The second-order valence-electron chi connectivity index (χ2n) is 7.71. The smallest absolute Gasteiger partial charge is 0.251 e. The van der Waals surface area contributed by atoms with Gasteiger partial charge in [-0.05, 0) is 54.3 Å². The molecule has 3 rings (SSSR count). The predicted molar refractivity (Wildman–Crippen MR) is 107 cm³/mol. The number of amides is 1. The number of aromatic nitrogens is 2. The standard InChI is InChI=1S/C22H25N3O3/c1-14(23-20(26)16-6-10-17(11-7-16)22(2,3)4)21-24-19(25-28-21)15-8-12-18(27-5)13-9-15/h6-14H,1-5H3,(H,23,26)/t14-/m1/s1. The second kappa shape index (κ2) is 7.84. The molecule has 0 aliphatic heterocycles. The highest BCUT2D eigenvalue weighted by Gasteiger charge is 2.19. The lowest BCUT2D eigenvalue weighted by Gasteiger charge is -2.19. The molecule has 6 heteroatoms. The molecule has 3 aromatic rings. The van der Waals surface area contributed by atoms with Crippen molar-refractivity contribution in [3.63, 3.8) is 0 Å². The Bertz CT molecular complexity index is 938. The highest BCUT2D eigenvalue weighted by Crippen LogP contribution is 2.23. The molecule has 0 saturated heterocycles. The van der Waals surface area contributed by atoms with Crippen LogP contribution in [0.25, 0.3) is 11.4 Å². The van der Waals surface area contributed by atoms with Gasteiger partial charge in [0.1, 0.15) is 11.8 Å².